The summed E-state index contributed by atoms with van der Waals surface area (Å²) in [6.45, 7) is 0. The average Bonchev–Trinajstić information content (AvgIpc) is 3.28. The fourth-order valence-corrected chi connectivity index (χ4v) is 3.42. The highest BCUT2D eigenvalue weighted by atomic mass is 35.5. The molecule has 1 fully saturated rings. The number of anilines is 2. The number of carbonyl (C=O) groups excluding carboxylic acids is 1. The number of sulfonamides is 1. The summed E-state index contributed by atoms with van der Waals surface area (Å²) in [7, 11) is -3.31. The van der Waals surface area contributed by atoms with Crippen molar-refractivity contribution in [3.05, 3.63) is 59.1 Å². The number of hydrogen-bond donors (Lipinski definition) is 2. The molecule has 1 amide bonds. The predicted molar refractivity (Wildman–Crippen MR) is 95.8 cm³/mol. The number of nitrogens with one attached hydrogen (secondary N) is 2. The van der Waals surface area contributed by atoms with Crippen LogP contribution < -0.4 is 10.0 Å². The third kappa shape index (κ3) is 4.27. The van der Waals surface area contributed by atoms with Gasteiger partial charge in [0.15, 0.2) is 0 Å². The Hall–Kier alpha value is -2.05. The predicted octanol–water partition coefficient (Wildman–Crippen LogP) is 3.45. The van der Waals surface area contributed by atoms with Gasteiger partial charge in [0, 0.05) is 22.3 Å². The van der Waals surface area contributed by atoms with Crippen molar-refractivity contribution in [3.63, 3.8) is 0 Å². The number of halogens is 1. The molecule has 2 aromatic rings. The van der Waals surface area contributed by atoms with Gasteiger partial charge in [-0.3, -0.25) is 9.52 Å². The molecule has 3 rings (SSSR count). The summed E-state index contributed by atoms with van der Waals surface area (Å²) in [5.74, 6) is 0.107. The first-order chi connectivity index (χ1) is 11.3. The van der Waals surface area contributed by atoms with E-state index < -0.39 is 10.0 Å². The molecule has 1 aliphatic carbocycles. The van der Waals surface area contributed by atoms with Crippen molar-refractivity contribution in [3.8, 4) is 0 Å². The second kappa shape index (κ2) is 6.45. The third-order valence-electron chi connectivity index (χ3n) is 3.86. The lowest BCUT2D eigenvalue weighted by atomic mass is 10.1. The van der Waals surface area contributed by atoms with E-state index in [9.17, 15) is 13.2 Å². The normalized spacial score (nSPS) is 19.6. The molecule has 0 bridgehead atoms. The van der Waals surface area contributed by atoms with Gasteiger partial charge < -0.3 is 5.32 Å². The van der Waals surface area contributed by atoms with Crippen LogP contribution in [-0.2, 0) is 14.8 Å². The van der Waals surface area contributed by atoms with E-state index in [1.165, 1.54) is 0 Å². The Bertz CT molecular complexity index is 866. The van der Waals surface area contributed by atoms with Crippen LogP contribution in [0, 0.1) is 5.92 Å². The summed E-state index contributed by atoms with van der Waals surface area (Å²) in [4.78, 5) is 12.3. The van der Waals surface area contributed by atoms with Gasteiger partial charge in [-0.1, -0.05) is 23.7 Å². The highest BCUT2D eigenvalue weighted by Crippen LogP contribution is 2.48. The Kier molecular flexibility index (Phi) is 4.51. The summed E-state index contributed by atoms with van der Waals surface area (Å²) in [5.41, 5.74) is 2.17. The van der Waals surface area contributed by atoms with E-state index in [0.717, 1.165) is 18.2 Å². The highest BCUT2D eigenvalue weighted by Gasteiger charge is 2.43. The topological polar surface area (TPSA) is 75.3 Å². The van der Waals surface area contributed by atoms with Crippen molar-refractivity contribution < 1.29 is 13.2 Å². The first-order valence-corrected chi connectivity index (χ1v) is 9.73. The van der Waals surface area contributed by atoms with Crippen LogP contribution in [0.15, 0.2) is 48.5 Å². The average molecular weight is 365 g/mol. The van der Waals surface area contributed by atoms with Crippen LogP contribution in [0.2, 0.25) is 5.02 Å². The molecular weight excluding hydrogens is 348 g/mol. The van der Waals surface area contributed by atoms with Crippen LogP contribution in [0.25, 0.3) is 0 Å². The maximum Gasteiger partial charge on any atom is 0.229 e. The van der Waals surface area contributed by atoms with Gasteiger partial charge in [-0.05, 0) is 54.3 Å². The van der Waals surface area contributed by atoms with E-state index in [1.807, 2.05) is 24.3 Å². The molecule has 7 heteroatoms. The van der Waals surface area contributed by atoms with Gasteiger partial charge in [-0.2, -0.15) is 0 Å². The van der Waals surface area contributed by atoms with Crippen LogP contribution >= 0.6 is 11.6 Å². The Morgan fingerprint density at radius 2 is 1.79 bits per heavy atom. The maximum absolute atomic E-state index is 12.3. The van der Waals surface area contributed by atoms with Crippen molar-refractivity contribution in [2.24, 2.45) is 5.92 Å². The molecular formula is C17H17ClN2O3S. The van der Waals surface area contributed by atoms with E-state index >= 15 is 0 Å². The second-order valence-electron chi connectivity index (χ2n) is 5.94. The smallest absolute Gasteiger partial charge is 0.229 e. The summed E-state index contributed by atoms with van der Waals surface area (Å²) in [5, 5.41) is 3.53. The molecule has 2 N–H and O–H groups in total. The molecule has 24 heavy (non-hydrogen) atoms. The standard InChI is InChI=1S/C17H17ClN2O3S/c1-24(22,23)20-14-7-5-13(6-8-14)19-17(21)16-10-15(16)11-3-2-4-12(18)9-11/h2-9,15-16,20H,10H2,1H3,(H,19,21). The summed E-state index contributed by atoms with van der Waals surface area (Å²) in [6, 6.07) is 14.1. The van der Waals surface area contributed by atoms with Crippen LogP contribution in [0.1, 0.15) is 17.9 Å². The molecule has 0 radical (unpaired) electrons. The fraction of sp³-hybridized carbons (Fsp3) is 0.235. The number of hydrogen-bond acceptors (Lipinski definition) is 3. The molecule has 0 aliphatic heterocycles. The molecule has 2 aromatic carbocycles. The van der Waals surface area contributed by atoms with Crippen LogP contribution in [0.5, 0.6) is 0 Å². The van der Waals surface area contributed by atoms with Gasteiger partial charge in [0.05, 0.1) is 6.26 Å². The minimum atomic E-state index is -3.31. The molecule has 1 aliphatic rings. The molecule has 126 valence electrons. The summed E-state index contributed by atoms with van der Waals surface area (Å²) >= 11 is 5.99. The molecule has 2 atom stereocenters. The lowest BCUT2D eigenvalue weighted by molar-refractivity contribution is -0.117. The van der Waals surface area contributed by atoms with Crippen LogP contribution in [0.3, 0.4) is 0 Å². The third-order valence-corrected chi connectivity index (χ3v) is 4.70. The van der Waals surface area contributed by atoms with Gasteiger partial charge in [0.1, 0.15) is 0 Å². The first-order valence-electron chi connectivity index (χ1n) is 7.46. The van der Waals surface area contributed by atoms with Gasteiger partial charge in [-0.25, -0.2) is 8.42 Å². The van der Waals surface area contributed by atoms with E-state index in [4.69, 9.17) is 11.6 Å². The molecule has 0 saturated heterocycles. The minimum absolute atomic E-state index is 0.0382. The SMILES string of the molecule is CS(=O)(=O)Nc1ccc(NC(=O)C2CC2c2cccc(Cl)c2)cc1. The van der Waals surface area contributed by atoms with Crippen molar-refractivity contribution in [2.75, 3.05) is 16.3 Å². The zero-order chi connectivity index (χ0) is 17.3. The summed E-state index contributed by atoms with van der Waals surface area (Å²) in [6.07, 6.45) is 1.89. The Morgan fingerprint density at radius 1 is 1.12 bits per heavy atom. The van der Waals surface area contributed by atoms with E-state index in [0.29, 0.717) is 16.4 Å². The highest BCUT2D eigenvalue weighted by molar-refractivity contribution is 7.92. The van der Waals surface area contributed by atoms with E-state index in [1.54, 1.807) is 24.3 Å². The maximum atomic E-state index is 12.3. The van der Waals surface area contributed by atoms with Crippen LogP contribution in [0.4, 0.5) is 11.4 Å². The number of carbonyl (C=O) groups is 1. The van der Waals surface area contributed by atoms with Gasteiger partial charge in [0.25, 0.3) is 0 Å². The van der Waals surface area contributed by atoms with Crippen molar-refractivity contribution in [1.82, 2.24) is 0 Å². The molecule has 2 unspecified atom stereocenters. The van der Waals surface area contributed by atoms with E-state index in [2.05, 4.69) is 10.0 Å². The Balaban J connectivity index is 1.60. The van der Waals surface area contributed by atoms with Crippen molar-refractivity contribution in [1.29, 1.82) is 0 Å². The zero-order valence-electron chi connectivity index (χ0n) is 13.0. The molecule has 5 nitrogen and oxygen atoms in total. The first kappa shape index (κ1) is 16.8. The van der Waals surface area contributed by atoms with Crippen molar-refractivity contribution in [2.45, 2.75) is 12.3 Å². The van der Waals surface area contributed by atoms with Crippen molar-refractivity contribution >= 4 is 38.9 Å². The Morgan fingerprint density at radius 3 is 2.42 bits per heavy atom. The largest absolute Gasteiger partial charge is 0.326 e. The zero-order valence-corrected chi connectivity index (χ0v) is 14.6. The summed E-state index contributed by atoms with van der Waals surface area (Å²) < 4.78 is 24.7. The number of rotatable bonds is 5. The van der Waals surface area contributed by atoms with Gasteiger partial charge in [-0.15, -0.1) is 0 Å². The Labute approximate surface area is 146 Å². The lowest BCUT2D eigenvalue weighted by Gasteiger charge is -2.07. The molecule has 1 saturated carbocycles. The number of amides is 1. The van der Waals surface area contributed by atoms with Gasteiger partial charge in [0.2, 0.25) is 15.9 Å². The second-order valence-corrected chi connectivity index (χ2v) is 8.13. The van der Waals surface area contributed by atoms with E-state index in [-0.39, 0.29) is 17.7 Å². The molecule has 0 heterocycles. The minimum Gasteiger partial charge on any atom is -0.326 e. The fourth-order valence-electron chi connectivity index (χ4n) is 2.66. The lowest BCUT2D eigenvalue weighted by Crippen LogP contribution is -2.14. The monoisotopic (exact) mass is 364 g/mol. The van der Waals surface area contributed by atoms with Crippen LogP contribution in [-0.4, -0.2) is 20.6 Å². The molecule has 0 aromatic heterocycles. The number of benzene rings is 2. The van der Waals surface area contributed by atoms with Gasteiger partial charge >= 0.3 is 0 Å². The molecule has 0 spiro atoms. The quantitative estimate of drug-likeness (QED) is 0.853.